The minimum atomic E-state index is -0.552. The summed E-state index contributed by atoms with van der Waals surface area (Å²) in [5.41, 5.74) is 3.31. The second-order valence-corrected chi connectivity index (χ2v) is 7.71. The van der Waals surface area contributed by atoms with Gasteiger partial charge in [0.25, 0.3) is 0 Å². The molecule has 146 valence electrons. The molecule has 2 N–H and O–H groups in total. The molecule has 7 heteroatoms. The standard InChI is InChI=1S/C21H24N4O3/c1-11-7-13(3)14(8-12(11)2)10-22-25-20(26)19-18(24-21(25)27)16-9-15(28-4)5-6-17(16)23-19/h5-6,9-10,13-14,23H,7-8H2,1-4H3,(H,24,27)/b22-10-/t13-,14+/m0/s1. The Morgan fingerprint density at radius 1 is 1.14 bits per heavy atom. The molecule has 0 spiro atoms. The Balaban J connectivity index is 1.79. The number of aromatic nitrogens is 3. The molecule has 4 rings (SSSR count). The van der Waals surface area contributed by atoms with Crippen LogP contribution >= 0.6 is 0 Å². The lowest BCUT2D eigenvalue weighted by Crippen LogP contribution is -2.33. The van der Waals surface area contributed by atoms with Gasteiger partial charge in [-0.2, -0.15) is 5.10 Å². The number of fused-ring (bicyclic) bond motifs is 3. The summed E-state index contributed by atoms with van der Waals surface area (Å²) in [6.07, 6.45) is 3.66. The van der Waals surface area contributed by atoms with Crippen LogP contribution in [0, 0.1) is 11.8 Å². The topological polar surface area (TPSA) is 92.2 Å². The van der Waals surface area contributed by atoms with E-state index in [1.165, 1.54) is 11.1 Å². The third-order valence-electron chi connectivity index (χ3n) is 5.84. The molecular formula is C21H24N4O3. The molecule has 2 aromatic heterocycles. The Labute approximate surface area is 161 Å². The number of benzene rings is 1. The molecule has 2 heterocycles. The Hall–Kier alpha value is -3.09. The Kier molecular flexibility index (Phi) is 4.45. The summed E-state index contributed by atoms with van der Waals surface area (Å²) in [4.78, 5) is 31.3. The fourth-order valence-electron chi connectivity index (χ4n) is 3.94. The van der Waals surface area contributed by atoms with E-state index in [9.17, 15) is 9.59 Å². The number of ether oxygens (including phenoxy) is 1. The highest BCUT2D eigenvalue weighted by Gasteiger charge is 2.22. The summed E-state index contributed by atoms with van der Waals surface area (Å²) < 4.78 is 6.15. The number of hydrogen-bond acceptors (Lipinski definition) is 4. The normalized spacial score (nSPS) is 20.6. The first-order chi connectivity index (χ1) is 13.4. The van der Waals surface area contributed by atoms with Gasteiger partial charge >= 0.3 is 11.2 Å². The average Bonchev–Trinajstić information content (AvgIpc) is 3.03. The predicted molar refractivity (Wildman–Crippen MR) is 111 cm³/mol. The van der Waals surface area contributed by atoms with Crippen LogP contribution in [0.5, 0.6) is 5.75 Å². The maximum absolute atomic E-state index is 12.9. The van der Waals surface area contributed by atoms with Gasteiger partial charge in [-0.3, -0.25) is 4.79 Å². The van der Waals surface area contributed by atoms with Gasteiger partial charge in [0.05, 0.1) is 12.6 Å². The molecule has 1 aliphatic rings. The van der Waals surface area contributed by atoms with Gasteiger partial charge in [0.2, 0.25) is 0 Å². The monoisotopic (exact) mass is 380 g/mol. The fraction of sp³-hybridized carbons (Fsp3) is 0.381. The van der Waals surface area contributed by atoms with Crippen molar-refractivity contribution in [3.8, 4) is 5.75 Å². The van der Waals surface area contributed by atoms with E-state index < -0.39 is 11.2 Å². The van der Waals surface area contributed by atoms with Crippen LogP contribution < -0.4 is 16.0 Å². The zero-order valence-electron chi connectivity index (χ0n) is 16.5. The van der Waals surface area contributed by atoms with Crippen molar-refractivity contribution in [1.82, 2.24) is 14.6 Å². The van der Waals surface area contributed by atoms with Crippen molar-refractivity contribution in [3.05, 3.63) is 50.2 Å². The molecule has 2 atom stereocenters. The number of rotatable bonds is 3. The minimum absolute atomic E-state index is 0.206. The first-order valence-electron chi connectivity index (χ1n) is 9.43. The predicted octanol–water partition coefficient (Wildman–Crippen LogP) is 3.40. The molecule has 28 heavy (non-hydrogen) atoms. The van der Waals surface area contributed by atoms with E-state index in [-0.39, 0.29) is 5.92 Å². The lowest BCUT2D eigenvalue weighted by atomic mass is 9.78. The number of allylic oxidation sites excluding steroid dienone is 2. The van der Waals surface area contributed by atoms with Crippen molar-refractivity contribution >= 4 is 28.2 Å². The van der Waals surface area contributed by atoms with Crippen LogP contribution in [0.25, 0.3) is 21.9 Å². The maximum Gasteiger partial charge on any atom is 0.350 e. The zero-order valence-corrected chi connectivity index (χ0v) is 16.5. The van der Waals surface area contributed by atoms with E-state index in [2.05, 4.69) is 35.8 Å². The van der Waals surface area contributed by atoms with Crippen molar-refractivity contribution in [2.45, 2.75) is 33.6 Å². The van der Waals surface area contributed by atoms with Crippen LogP contribution in [0.3, 0.4) is 0 Å². The van der Waals surface area contributed by atoms with E-state index in [1.807, 2.05) is 6.07 Å². The summed E-state index contributed by atoms with van der Waals surface area (Å²) in [7, 11) is 1.57. The fourth-order valence-corrected chi connectivity index (χ4v) is 3.94. The van der Waals surface area contributed by atoms with Gasteiger partial charge in [-0.15, -0.1) is 4.68 Å². The Morgan fingerprint density at radius 3 is 2.64 bits per heavy atom. The Bertz CT molecular complexity index is 1240. The number of nitrogens with zero attached hydrogens (tertiary/aromatic N) is 2. The molecule has 7 nitrogen and oxygen atoms in total. The van der Waals surface area contributed by atoms with Gasteiger partial charge in [0.1, 0.15) is 11.3 Å². The highest BCUT2D eigenvalue weighted by Crippen LogP contribution is 2.32. The van der Waals surface area contributed by atoms with E-state index >= 15 is 0 Å². The average molecular weight is 380 g/mol. The first kappa shape index (κ1) is 18.3. The molecule has 0 unspecified atom stereocenters. The lowest BCUT2D eigenvalue weighted by molar-refractivity contribution is 0.415. The molecule has 3 aromatic rings. The zero-order chi connectivity index (χ0) is 20.0. The minimum Gasteiger partial charge on any atom is -0.497 e. The van der Waals surface area contributed by atoms with E-state index in [1.54, 1.807) is 25.5 Å². The molecule has 1 aromatic carbocycles. The number of hydrogen-bond donors (Lipinski definition) is 2. The molecule has 0 aliphatic heterocycles. The molecule has 0 saturated heterocycles. The van der Waals surface area contributed by atoms with Gasteiger partial charge in [-0.05, 0) is 50.8 Å². The molecule has 0 bridgehead atoms. The van der Waals surface area contributed by atoms with Gasteiger partial charge in [0, 0.05) is 23.0 Å². The SMILES string of the molecule is COc1ccc2[nH]c3c(=O)n(/N=C\[C@H]4CC(C)=C(C)C[C@@H]4C)c(=O)[nH]c3c2c1. The van der Waals surface area contributed by atoms with Gasteiger partial charge in [0.15, 0.2) is 0 Å². The number of H-pyrrole nitrogens is 2. The van der Waals surface area contributed by atoms with Crippen LogP contribution in [0.2, 0.25) is 0 Å². The van der Waals surface area contributed by atoms with Crippen molar-refractivity contribution < 1.29 is 4.74 Å². The summed E-state index contributed by atoms with van der Waals surface area (Å²) >= 11 is 0. The maximum atomic E-state index is 12.9. The van der Waals surface area contributed by atoms with Crippen LogP contribution in [0.15, 0.2) is 44.0 Å². The van der Waals surface area contributed by atoms with Crippen LogP contribution in [-0.2, 0) is 0 Å². The molecule has 0 saturated carbocycles. The molecular weight excluding hydrogens is 356 g/mol. The number of aromatic amines is 2. The van der Waals surface area contributed by atoms with Crippen LogP contribution in [-0.4, -0.2) is 28.0 Å². The van der Waals surface area contributed by atoms with Crippen molar-refractivity contribution in [1.29, 1.82) is 0 Å². The van der Waals surface area contributed by atoms with Crippen LogP contribution in [0.1, 0.15) is 33.6 Å². The summed E-state index contributed by atoms with van der Waals surface area (Å²) in [5.74, 6) is 1.28. The van der Waals surface area contributed by atoms with E-state index in [0.717, 1.165) is 28.4 Å². The smallest absolute Gasteiger partial charge is 0.350 e. The van der Waals surface area contributed by atoms with Crippen LogP contribution in [0.4, 0.5) is 0 Å². The van der Waals surface area contributed by atoms with E-state index in [0.29, 0.717) is 22.7 Å². The highest BCUT2D eigenvalue weighted by molar-refractivity contribution is 6.04. The molecule has 1 aliphatic carbocycles. The number of nitrogens with one attached hydrogen (secondary N) is 2. The van der Waals surface area contributed by atoms with Crippen molar-refractivity contribution in [3.63, 3.8) is 0 Å². The summed E-state index contributed by atoms with van der Waals surface area (Å²) in [5, 5.41) is 4.99. The molecule has 0 fully saturated rings. The van der Waals surface area contributed by atoms with Crippen molar-refractivity contribution in [2.24, 2.45) is 16.9 Å². The second-order valence-electron chi connectivity index (χ2n) is 7.71. The molecule has 0 radical (unpaired) electrons. The lowest BCUT2D eigenvalue weighted by Gasteiger charge is -2.27. The quantitative estimate of drug-likeness (QED) is 0.539. The third kappa shape index (κ3) is 2.96. The van der Waals surface area contributed by atoms with Gasteiger partial charge in [-0.1, -0.05) is 18.1 Å². The second kappa shape index (κ2) is 6.82. The third-order valence-corrected chi connectivity index (χ3v) is 5.84. The van der Waals surface area contributed by atoms with Gasteiger partial charge in [-0.25, -0.2) is 4.79 Å². The summed E-state index contributed by atoms with van der Waals surface area (Å²) in [6, 6.07) is 5.41. The largest absolute Gasteiger partial charge is 0.497 e. The first-order valence-corrected chi connectivity index (χ1v) is 9.43. The highest BCUT2D eigenvalue weighted by atomic mass is 16.5. The van der Waals surface area contributed by atoms with E-state index in [4.69, 9.17) is 4.74 Å². The van der Waals surface area contributed by atoms with Gasteiger partial charge < -0.3 is 14.7 Å². The summed E-state index contributed by atoms with van der Waals surface area (Å²) in [6.45, 7) is 6.47. The molecule has 0 amide bonds. The number of methoxy groups -OCH3 is 1. The Morgan fingerprint density at radius 2 is 1.89 bits per heavy atom. The van der Waals surface area contributed by atoms with Crippen molar-refractivity contribution in [2.75, 3.05) is 7.11 Å².